The summed E-state index contributed by atoms with van der Waals surface area (Å²) in [6.07, 6.45) is 5.59. The number of pyridine rings is 2. The molecule has 3 aromatic heterocycles. The first-order valence-electron chi connectivity index (χ1n) is 12.0. The third-order valence-electron chi connectivity index (χ3n) is 6.60. The van der Waals surface area contributed by atoms with Crippen LogP contribution in [0.5, 0.6) is 0 Å². The predicted molar refractivity (Wildman–Crippen MR) is 145 cm³/mol. The van der Waals surface area contributed by atoms with Gasteiger partial charge < -0.3 is 20.1 Å². The van der Waals surface area contributed by atoms with Crippen LogP contribution < -0.4 is 10.6 Å². The fraction of sp³-hybridized carbons (Fsp3) is 0.214. The van der Waals surface area contributed by atoms with Crippen LogP contribution in [0.3, 0.4) is 0 Å². The Morgan fingerprint density at radius 2 is 1.92 bits per heavy atom. The fourth-order valence-corrected chi connectivity index (χ4v) is 5.27. The van der Waals surface area contributed by atoms with Crippen LogP contribution in [0, 0.1) is 19.7 Å². The normalized spacial score (nSPS) is 17.1. The average Bonchev–Trinajstić information content (AvgIpc) is 3.39. The molecule has 0 saturated carbocycles. The Kier molecular flexibility index (Phi) is 6.96. The number of anilines is 1. The van der Waals surface area contributed by atoms with Crippen molar-refractivity contribution >= 4 is 28.9 Å². The summed E-state index contributed by atoms with van der Waals surface area (Å²) in [6.45, 7) is 4.56. The van der Waals surface area contributed by atoms with Crippen molar-refractivity contribution in [3.63, 3.8) is 0 Å². The Morgan fingerprint density at radius 1 is 1.11 bits per heavy atom. The highest BCUT2D eigenvalue weighted by molar-refractivity contribution is 7.80. The minimum atomic E-state index is -0.348. The van der Waals surface area contributed by atoms with Crippen molar-refractivity contribution in [2.75, 3.05) is 11.9 Å². The van der Waals surface area contributed by atoms with Crippen molar-refractivity contribution in [2.45, 2.75) is 32.4 Å². The molecule has 2 N–H and O–H groups in total. The number of aryl methyl sites for hydroxylation is 1. The second-order valence-corrected chi connectivity index (χ2v) is 9.38. The second kappa shape index (κ2) is 10.5. The number of thiocarbonyl (C=S) groups is 1. The van der Waals surface area contributed by atoms with Crippen LogP contribution >= 0.6 is 12.2 Å². The summed E-state index contributed by atoms with van der Waals surface area (Å²) < 4.78 is 15.4. The highest BCUT2D eigenvalue weighted by atomic mass is 32.1. The molecule has 4 aromatic rings. The first kappa shape index (κ1) is 24.6. The summed E-state index contributed by atoms with van der Waals surface area (Å²) in [5, 5.41) is 6.85. The first-order chi connectivity index (χ1) is 17.9. The number of hydrogen-bond acceptors (Lipinski definition) is 4. The molecule has 1 aromatic carbocycles. The fourth-order valence-electron chi connectivity index (χ4n) is 4.93. The lowest BCUT2D eigenvalue weighted by Crippen LogP contribution is -2.32. The van der Waals surface area contributed by atoms with Crippen molar-refractivity contribution in [3.8, 4) is 5.69 Å². The highest BCUT2D eigenvalue weighted by Crippen LogP contribution is 2.41. The molecule has 5 rings (SSSR count). The number of aromatic nitrogens is 3. The second-order valence-electron chi connectivity index (χ2n) is 9.00. The van der Waals surface area contributed by atoms with Crippen LogP contribution in [0.15, 0.2) is 79.3 Å². The summed E-state index contributed by atoms with van der Waals surface area (Å²) in [6, 6.07) is 17.3. The Morgan fingerprint density at radius 3 is 2.62 bits per heavy atom. The molecule has 1 fully saturated rings. The van der Waals surface area contributed by atoms with Crippen molar-refractivity contribution in [2.24, 2.45) is 0 Å². The number of nitrogens with zero attached hydrogens (tertiary/aromatic N) is 4. The molecule has 37 heavy (non-hydrogen) atoms. The monoisotopic (exact) mass is 514 g/mol. The van der Waals surface area contributed by atoms with Crippen molar-refractivity contribution in [3.05, 3.63) is 108 Å². The Hall–Kier alpha value is -4.11. The minimum absolute atomic E-state index is 0.169. The maximum absolute atomic E-state index is 13.2. The molecule has 1 saturated heterocycles. The molecule has 1 aliphatic heterocycles. The van der Waals surface area contributed by atoms with Crippen LogP contribution in [-0.2, 0) is 4.79 Å². The minimum Gasteiger partial charge on any atom is -0.352 e. The molecule has 1 amide bonds. The lowest BCUT2D eigenvalue weighted by atomic mass is 9.96. The maximum Gasteiger partial charge on any atom is 0.226 e. The first-order valence-corrected chi connectivity index (χ1v) is 12.5. The predicted octanol–water partition coefficient (Wildman–Crippen LogP) is 5.02. The molecule has 9 heteroatoms. The molecular weight excluding hydrogens is 487 g/mol. The van der Waals surface area contributed by atoms with Gasteiger partial charge in [-0.3, -0.25) is 14.8 Å². The smallest absolute Gasteiger partial charge is 0.226 e. The molecule has 0 unspecified atom stereocenters. The largest absolute Gasteiger partial charge is 0.352 e. The van der Waals surface area contributed by atoms with Gasteiger partial charge >= 0.3 is 0 Å². The molecule has 4 heterocycles. The quantitative estimate of drug-likeness (QED) is 0.337. The summed E-state index contributed by atoms with van der Waals surface area (Å²) in [5.74, 6) is -0.519. The van der Waals surface area contributed by atoms with Crippen LogP contribution in [0.25, 0.3) is 5.69 Å². The van der Waals surface area contributed by atoms with Crippen LogP contribution in [0.1, 0.15) is 41.1 Å². The maximum atomic E-state index is 13.2. The van der Waals surface area contributed by atoms with Gasteiger partial charge in [0.2, 0.25) is 5.91 Å². The number of benzene rings is 1. The number of hydrogen-bond donors (Lipinski definition) is 2. The molecule has 0 aliphatic carbocycles. The van der Waals surface area contributed by atoms with Gasteiger partial charge in [-0.05, 0) is 86.2 Å². The molecule has 7 nitrogen and oxygen atoms in total. The van der Waals surface area contributed by atoms with Gasteiger partial charge in [0.1, 0.15) is 5.82 Å². The van der Waals surface area contributed by atoms with Crippen molar-refractivity contribution < 1.29 is 9.18 Å². The van der Waals surface area contributed by atoms with Gasteiger partial charge in [-0.2, -0.15) is 0 Å². The molecule has 0 bridgehead atoms. The van der Waals surface area contributed by atoms with E-state index in [2.05, 4.69) is 50.0 Å². The van der Waals surface area contributed by atoms with E-state index in [-0.39, 0.29) is 30.2 Å². The third-order valence-corrected chi connectivity index (χ3v) is 6.95. The lowest BCUT2D eigenvalue weighted by molar-refractivity contribution is -0.116. The lowest BCUT2D eigenvalue weighted by Gasteiger charge is -2.28. The Labute approximate surface area is 220 Å². The Balaban J connectivity index is 1.45. The van der Waals surface area contributed by atoms with Gasteiger partial charge in [0.15, 0.2) is 5.11 Å². The van der Waals surface area contributed by atoms with E-state index in [9.17, 15) is 9.18 Å². The summed E-state index contributed by atoms with van der Waals surface area (Å²) in [7, 11) is 0. The van der Waals surface area contributed by atoms with Crippen molar-refractivity contribution in [1.29, 1.82) is 0 Å². The molecule has 1 aliphatic rings. The zero-order chi connectivity index (χ0) is 25.9. The molecule has 0 radical (unpaired) electrons. The molecule has 0 spiro atoms. The van der Waals surface area contributed by atoms with Gasteiger partial charge in [-0.15, -0.1) is 0 Å². The number of carbonyl (C=O) groups excluding carboxylic acids is 1. The van der Waals surface area contributed by atoms with Crippen LogP contribution in [0.2, 0.25) is 0 Å². The van der Waals surface area contributed by atoms with Crippen LogP contribution in [-0.4, -0.2) is 37.0 Å². The van der Waals surface area contributed by atoms with Gasteiger partial charge in [0.05, 0.1) is 29.7 Å². The highest BCUT2D eigenvalue weighted by Gasteiger charge is 2.41. The standard InChI is InChI=1S/C28H27FN6OS/c1-18-16-23(19(2)35(18)22-6-5-13-30-17-22)27-26(24-7-3-4-14-31-24)33-28(37)34(27)15-12-25(36)32-21-10-8-20(29)9-11-21/h3-11,13-14,16-17,26-27H,12,15H2,1-2H3,(H,32,36)(H,33,37)/t26-,27+/m1/s1. The van der Waals surface area contributed by atoms with Gasteiger partial charge in [-0.25, -0.2) is 4.39 Å². The van der Waals surface area contributed by atoms with Crippen molar-refractivity contribution in [1.82, 2.24) is 24.8 Å². The van der Waals surface area contributed by atoms with E-state index in [4.69, 9.17) is 12.2 Å². The number of halogens is 1. The van der Waals surface area contributed by atoms with E-state index in [1.165, 1.54) is 12.1 Å². The SMILES string of the molecule is Cc1cc([C@H]2[C@@H](c3ccccn3)NC(=S)N2CCC(=O)Nc2ccc(F)cc2)c(C)n1-c1cccnc1. The van der Waals surface area contributed by atoms with E-state index >= 15 is 0 Å². The summed E-state index contributed by atoms with van der Waals surface area (Å²) in [4.78, 5) is 23.7. The molecular formula is C28H27FN6OS. The van der Waals surface area contributed by atoms with E-state index < -0.39 is 0 Å². The van der Waals surface area contributed by atoms with Gasteiger partial charge in [0.25, 0.3) is 0 Å². The number of rotatable bonds is 7. The molecule has 188 valence electrons. The summed E-state index contributed by atoms with van der Waals surface area (Å²) in [5.41, 5.74) is 5.66. The van der Waals surface area contributed by atoms with Gasteiger partial charge in [0, 0.05) is 42.4 Å². The Bertz CT molecular complexity index is 1410. The van der Waals surface area contributed by atoms with Crippen LogP contribution in [0.4, 0.5) is 10.1 Å². The third kappa shape index (κ3) is 5.08. The number of carbonyl (C=O) groups is 1. The number of nitrogens with one attached hydrogen (secondary N) is 2. The molecule has 2 atom stereocenters. The van der Waals surface area contributed by atoms with E-state index in [1.54, 1.807) is 24.5 Å². The topological polar surface area (TPSA) is 75.1 Å². The number of amides is 1. The zero-order valence-corrected chi connectivity index (χ0v) is 21.4. The average molecular weight is 515 g/mol. The zero-order valence-electron chi connectivity index (χ0n) is 20.6. The summed E-state index contributed by atoms with van der Waals surface area (Å²) >= 11 is 5.76. The van der Waals surface area contributed by atoms with E-state index in [0.29, 0.717) is 17.3 Å². The van der Waals surface area contributed by atoms with Gasteiger partial charge in [-0.1, -0.05) is 6.07 Å². The van der Waals surface area contributed by atoms with E-state index in [0.717, 1.165) is 28.3 Å². The van der Waals surface area contributed by atoms with E-state index in [1.807, 2.05) is 36.5 Å².